The summed E-state index contributed by atoms with van der Waals surface area (Å²) in [5.74, 6) is -1.22. The summed E-state index contributed by atoms with van der Waals surface area (Å²) in [5, 5.41) is 15.9. The van der Waals surface area contributed by atoms with E-state index in [2.05, 4.69) is 26.1 Å². The van der Waals surface area contributed by atoms with Crippen LogP contribution in [0.5, 0.6) is 0 Å². The lowest BCUT2D eigenvalue weighted by molar-refractivity contribution is -0.173. The topological polar surface area (TPSA) is 115 Å². The summed E-state index contributed by atoms with van der Waals surface area (Å²) in [4.78, 5) is 25.0. The van der Waals surface area contributed by atoms with Crippen LogP contribution < -0.4 is 16.0 Å². The van der Waals surface area contributed by atoms with E-state index in [0.717, 1.165) is 0 Å². The summed E-state index contributed by atoms with van der Waals surface area (Å²) < 4.78 is 48.8. The lowest BCUT2D eigenvalue weighted by Gasteiger charge is -2.33. The molecular weight excluding hydrogens is 515 g/mol. The Bertz CT molecular complexity index is 1260. The molecule has 0 aliphatic carbocycles. The number of methoxy groups -OCH3 is 1. The summed E-state index contributed by atoms with van der Waals surface area (Å²) in [5.41, 5.74) is 0.498. The third-order valence-electron chi connectivity index (χ3n) is 5.73. The minimum Gasteiger partial charge on any atom is -0.383 e. The number of aromatic nitrogens is 4. The number of benzene rings is 1. The fraction of sp³-hybridized carbons (Fsp3) is 0.391. The van der Waals surface area contributed by atoms with E-state index in [1.165, 1.54) is 24.2 Å². The molecule has 37 heavy (non-hydrogen) atoms. The number of ether oxygens (including phenoxy) is 1. The first-order valence-electron chi connectivity index (χ1n) is 11.3. The molecule has 2 aromatic heterocycles. The van der Waals surface area contributed by atoms with E-state index in [0.29, 0.717) is 16.9 Å². The molecule has 198 valence electrons. The van der Waals surface area contributed by atoms with Gasteiger partial charge in [-0.25, -0.2) is 4.68 Å². The lowest BCUT2D eigenvalue weighted by atomic mass is 9.97. The molecule has 2 amide bonds. The van der Waals surface area contributed by atoms with Crippen LogP contribution in [0.25, 0.3) is 0 Å². The molecule has 3 N–H and O–H groups in total. The summed E-state index contributed by atoms with van der Waals surface area (Å²) in [7, 11) is 1.52. The second kappa shape index (κ2) is 10.8. The van der Waals surface area contributed by atoms with Gasteiger partial charge in [-0.1, -0.05) is 41.9 Å². The number of fused-ring (bicyclic) bond motifs is 1. The van der Waals surface area contributed by atoms with Crippen LogP contribution in [0.1, 0.15) is 41.5 Å². The Morgan fingerprint density at radius 3 is 2.70 bits per heavy atom. The Balaban J connectivity index is 1.51. The average Bonchev–Trinajstić information content (AvgIpc) is 3.42. The van der Waals surface area contributed by atoms with Crippen LogP contribution in [0.4, 0.5) is 24.7 Å². The van der Waals surface area contributed by atoms with Crippen LogP contribution >= 0.6 is 11.6 Å². The zero-order chi connectivity index (χ0) is 26.7. The smallest absolute Gasteiger partial charge is 0.383 e. The third kappa shape index (κ3) is 6.05. The second-order valence-corrected chi connectivity index (χ2v) is 9.04. The number of anilines is 2. The number of amides is 2. The number of halogens is 4. The minimum atomic E-state index is -4.62. The van der Waals surface area contributed by atoms with E-state index in [1.807, 2.05) is 0 Å². The van der Waals surface area contributed by atoms with Crippen LogP contribution in [0.15, 0.2) is 42.7 Å². The van der Waals surface area contributed by atoms with Gasteiger partial charge in [0.25, 0.3) is 5.91 Å². The van der Waals surface area contributed by atoms with Crippen molar-refractivity contribution in [3.8, 4) is 0 Å². The van der Waals surface area contributed by atoms with E-state index < -0.39 is 24.2 Å². The number of nitrogens with zero attached hydrogens (tertiary/aromatic N) is 4. The van der Waals surface area contributed by atoms with Crippen LogP contribution in [-0.4, -0.2) is 57.3 Å². The number of rotatable bonds is 8. The molecule has 0 saturated carbocycles. The molecule has 0 radical (unpaired) electrons. The Morgan fingerprint density at radius 1 is 1.30 bits per heavy atom. The third-order valence-corrected chi connectivity index (χ3v) is 6.09. The molecule has 14 heteroatoms. The standard InChI is InChI=1S/C23H25ClF3N7O3/c1-13(12-37-2)29-18(35)11-33-10-15(9-28-33)30-22(36)20-19(24)21-31-16(14-6-4-3-5-7-14)8-17(23(25,26)27)34(21)32-20/h3-7,9-10,13,16-17,31H,8,11-12H2,1-2H3,(H,29,35)(H,30,36)/t13-,16-,17+/m0/s1. The molecule has 1 aliphatic heterocycles. The highest BCUT2D eigenvalue weighted by Crippen LogP contribution is 2.46. The van der Waals surface area contributed by atoms with Gasteiger partial charge in [-0.15, -0.1) is 0 Å². The Kier molecular flexibility index (Phi) is 7.73. The van der Waals surface area contributed by atoms with Gasteiger partial charge in [-0.2, -0.15) is 23.4 Å². The molecule has 0 spiro atoms. The molecule has 3 atom stereocenters. The van der Waals surface area contributed by atoms with E-state index in [9.17, 15) is 22.8 Å². The van der Waals surface area contributed by atoms with Gasteiger partial charge in [0.05, 0.1) is 24.5 Å². The van der Waals surface area contributed by atoms with Gasteiger partial charge >= 0.3 is 6.18 Å². The molecular formula is C23H25ClF3N7O3. The number of alkyl halides is 3. The predicted octanol–water partition coefficient (Wildman–Crippen LogP) is 3.80. The van der Waals surface area contributed by atoms with Crippen molar-refractivity contribution in [2.45, 2.75) is 44.2 Å². The van der Waals surface area contributed by atoms with Crippen molar-refractivity contribution >= 4 is 34.9 Å². The highest BCUT2D eigenvalue weighted by Gasteiger charge is 2.47. The van der Waals surface area contributed by atoms with Crippen molar-refractivity contribution < 1.29 is 27.5 Å². The highest BCUT2D eigenvalue weighted by molar-refractivity contribution is 6.36. The van der Waals surface area contributed by atoms with Crippen molar-refractivity contribution in [3.63, 3.8) is 0 Å². The Hall–Kier alpha value is -3.58. The van der Waals surface area contributed by atoms with Crippen molar-refractivity contribution in [1.29, 1.82) is 0 Å². The monoisotopic (exact) mass is 539 g/mol. The summed E-state index contributed by atoms with van der Waals surface area (Å²) >= 11 is 6.36. The quantitative estimate of drug-likeness (QED) is 0.401. The number of carbonyl (C=O) groups is 2. The normalized spacial score (nSPS) is 18.0. The first-order valence-corrected chi connectivity index (χ1v) is 11.7. The van der Waals surface area contributed by atoms with Gasteiger partial charge in [0.15, 0.2) is 11.7 Å². The molecule has 0 saturated heterocycles. The predicted molar refractivity (Wildman–Crippen MR) is 129 cm³/mol. The Labute approximate surface area is 215 Å². The molecule has 4 rings (SSSR count). The maximum absolute atomic E-state index is 13.9. The van der Waals surface area contributed by atoms with Crippen molar-refractivity contribution in [2.75, 3.05) is 24.4 Å². The molecule has 1 aliphatic rings. The molecule has 3 heterocycles. The average molecular weight is 540 g/mol. The largest absolute Gasteiger partial charge is 0.410 e. The van der Waals surface area contributed by atoms with Gasteiger partial charge in [0.1, 0.15) is 17.4 Å². The van der Waals surface area contributed by atoms with Crippen molar-refractivity contribution in [2.24, 2.45) is 0 Å². The van der Waals surface area contributed by atoms with E-state index in [1.54, 1.807) is 37.3 Å². The van der Waals surface area contributed by atoms with E-state index >= 15 is 0 Å². The number of hydrogen-bond donors (Lipinski definition) is 3. The fourth-order valence-corrected chi connectivity index (χ4v) is 4.37. The lowest BCUT2D eigenvalue weighted by Crippen LogP contribution is -2.37. The summed E-state index contributed by atoms with van der Waals surface area (Å²) in [6, 6.07) is 5.81. The molecule has 0 bridgehead atoms. The second-order valence-electron chi connectivity index (χ2n) is 8.66. The highest BCUT2D eigenvalue weighted by atomic mass is 35.5. The summed E-state index contributed by atoms with van der Waals surface area (Å²) in [6.07, 6.45) is -2.23. The zero-order valence-corrected chi connectivity index (χ0v) is 20.7. The summed E-state index contributed by atoms with van der Waals surface area (Å²) in [6.45, 7) is 2.02. The fourth-order valence-electron chi connectivity index (χ4n) is 4.10. The molecule has 0 fully saturated rings. The Morgan fingerprint density at radius 2 is 2.03 bits per heavy atom. The van der Waals surface area contributed by atoms with E-state index in [-0.39, 0.29) is 47.1 Å². The van der Waals surface area contributed by atoms with Gasteiger partial charge < -0.3 is 20.7 Å². The molecule has 0 unspecified atom stereocenters. The first kappa shape index (κ1) is 26.5. The molecule has 3 aromatic rings. The first-order chi connectivity index (χ1) is 17.6. The molecule has 10 nitrogen and oxygen atoms in total. The van der Waals surface area contributed by atoms with E-state index in [4.69, 9.17) is 16.3 Å². The SMILES string of the molecule is COC[C@H](C)NC(=O)Cn1cc(NC(=O)c2nn3c(c2Cl)N[C@H](c2ccccc2)C[C@@H]3C(F)(F)F)cn1. The number of nitrogens with one attached hydrogen (secondary N) is 3. The zero-order valence-electron chi connectivity index (χ0n) is 19.9. The minimum absolute atomic E-state index is 0.0909. The number of hydrogen-bond acceptors (Lipinski definition) is 6. The van der Waals surface area contributed by atoms with Crippen LogP contribution in [0, 0.1) is 0 Å². The van der Waals surface area contributed by atoms with Crippen LogP contribution in [-0.2, 0) is 16.1 Å². The van der Waals surface area contributed by atoms with Crippen molar-refractivity contribution in [3.05, 3.63) is 59.0 Å². The number of carbonyl (C=O) groups excluding carboxylic acids is 2. The van der Waals surface area contributed by atoms with Gasteiger partial charge in [-0.3, -0.25) is 14.3 Å². The van der Waals surface area contributed by atoms with Gasteiger partial charge in [0, 0.05) is 25.8 Å². The van der Waals surface area contributed by atoms with Crippen LogP contribution in [0.2, 0.25) is 5.02 Å². The van der Waals surface area contributed by atoms with Crippen molar-refractivity contribution in [1.82, 2.24) is 24.9 Å². The maximum Gasteiger partial charge on any atom is 0.410 e. The maximum atomic E-state index is 13.9. The van der Waals surface area contributed by atoms with Gasteiger partial charge in [-0.05, 0) is 12.5 Å². The molecule has 1 aromatic carbocycles. The van der Waals surface area contributed by atoms with Gasteiger partial charge in [0.2, 0.25) is 5.91 Å². The van der Waals surface area contributed by atoms with Crippen LogP contribution in [0.3, 0.4) is 0 Å².